The molecule has 0 saturated heterocycles. The first-order valence-electron chi connectivity index (χ1n) is 6.83. The normalized spacial score (nSPS) is 17.0. The van der Waals surface area contributed by atoms with E-state index in [0.717, 1.165) is 44.0 Å². The molecule has 0 aromatic heterocycles. The van der Waals surface area contributed by atoms with Crippen molar-refractivity contribution in [3.05, 3.63) is 23.3 Å². The van der Waals surface area contributed by atoms with Crippen molar-refractivity contribution in [1.29, 1.82) is 0 Å². The molecule has 2 N–H and O–H groups in total. The molecule has 106 valence electrons. The maximum absolute atomic E-state index is 5.54. The van der Waals surface area contributed by atoms with Crippen molar-refractivity contribution in [2.75, 3.05) is 40.9 Å². The molecule has 19 heavy (non-hydrogen) atoms. The highest BCUT2D eigenvalue weighted by Gasteiger charge is 2.29. The van der Waals surface area contributed by atoms with Crippen LogP contribution in [0, 0.1) is 0 Å². The van der Waals surface area contributed by atoms with Crippen molar-refractivity contribution in [2.24, 2.45) is 5.73 Å². The van der Waals surface area contributed by atoms with Crippen LogP contribution in [-0.4, -0.2) is 45.8 Å². The van der Waals surface area contributed by atoms with E-state index in [1.807, 2.05) is 0 Å². The van der Waals surface area contributed by atoms with E-state index in [2.05, 4.69) is 24.1 Å². The minimum atomic E-state index is 0.609. The number of hydrogen-bond donors (Lipinski definition) is 1. The van der Waals surface area contributed by atoms with Crippen LogP contribution in [0.15, 0.2) is 12.1 Å². The van der Waals surface area contributed by atoms with Crippen molar-refractivity contribution >= 4 is 0 Å². The third-order valence-corrected chi connectivity index (χ3v) is 3.83. The number of nitrogens with two attached hydrogens (primary N) is 1. The second kappa shape index (κ2) is 6.26. The van der Waals surface area contributed by atoms with Crippen LogP contribution in [-0.2, 0) is 6.42 Å². The molecule has 1 aromatic carbocycles. The maximum atomic E-state index is 5.54. The Morgan fingerprint density at radius 1 is 1.26 bits per heavy atom. The molecule has 0 heterocycles. The average Bonchev–Trinajstić information content (AvgIpc) is 2.41. The zero-order chi connectivity index (χ0) is 13.8. The van der Waals surface area contributed by atoms with E-state index in [0.29, 0.717) is 5.92 Å². The lowest BCUT2D eigenvalue weighted by Gasteiger charge is -2.34. The standard InChI is InChI=1S/C15H24N2O2/c1-17(6-4-5-16)10-12-7-11-8-14(18-2)15(19-3)9-13(11)12/h8-9,12H,4-7,10,16H2,1-3H3/t12-/m1/s1. The predicted octanol–water partition coefficient (Wildman–Crippen LogP) is 1.62. The zero-order valence-corrected chi connectivity index (χ0v) is 12.1. The maximum Gasteiger partial charge on any atom is 0.161 e. The van der Waals surface area contributed by atoms with Crippen molar-refractivity contribution in [3.63, 3.8) is 0 Å². The summed E-state index contributed by atoms with van der Waals surface area (Å²) >= 11 is 0. The number of hydrogen-bond acceptors (Lipinski definition) is 4. The van der Waals surface area contributed by atoms with Gasteiger partial charge in [-0.25, -0.2) is 0 Å². The number of benzene rings is 1. The first-order chi connectivity index (χ1) is 9.19. The molecule has 0 saturated carbocycles. The molecule has 1 aliphatic rings. The number of nitrogens with zero attached hydrogens (tertiary/aromatic N) is 1. The molecule has 0 unspecified atom stereocenters. The van der Waals surface area contributed by atoms with Crippen molar-refractivity contribution in [1.82, 2.24) is 4.90 Å². The summed E-state index contributed by atoms with van der Waals surface area (Å²) in [6.45, 7) is 2.91. The highest BCUT2D eigenvalue weighted by Crippen LogP contribution is 2.42. The topological polar surface area (TPSA) is 47.7 Å². The summed E-state index contributed by atoms with van der Waals surface area (Å²) in [6.07, 6.45) is 2.19. The fourth-order valence-corrected chi connectivity index (χ4v) is 2.73. The monoisotopic (exact) mass is 264 g/mol. The van der Waals surface area contributed by atoms with Gasteiger partial charge in [-0.1, -0.05) is 0 Å². The Hall–Kier alpha value is -1.26. The SMILES string of the molecule is COc1cc2c(cc1OC)[C@@H](CN(C)CCCN)C2. The van der Waals surface area contributed by atoms with Gasteiger partial charge in [-0.05, 0) is 56.2 Å². The van der Waals surface area contributed by atoms with Crippen LogP contribution < -0.4 is 15.2 Å². The lowest BCUT2D eigenvalue weighted by atomic mass is 9.77. The third-order valence-electron chi connectivity index (χ3n) is 3.83. The summed E-state index contributed by atoms with van der Waals surface area (Å²) in [7, 11) is 5.53. The molecule has 0 spiro atoms. The molecule has 0 amide bonds. The van der Waals surface area contributed by atoms with Gasteiger partial charge in [0, 0.05) is 12.5 Å². The second-order valence-corrected chi connectivity index (χ2v) is 5.21. The Morgan fingerprint density at radius 3 is 2.58 bits per heavy atom. The van der Waals surface area contributed by atoms with Gasteiger partial charge >= 0.3 is 0 Å². The second-order valence-electron chi connectivity index (χ2n) is 5.21. The molecular formula is C15H24N2O2. The molecule has 0 fully saturated rings. The van der Waals surface area contributed by atoms with Gasteiger partial charge < -0.3 is 20.1 Å². The lowest BCUT2D eigenvalue weighted by Crippen LogP contribution is -2.32. The molecule has 0 radical (unpaired) electrons. The Labute approximate surface area is 115 Å². The smallest absolute Gasteiger partial charge is 0.161 e. The average molecular weight is 264 g/mol. The molecule has 1 atom stereocenters. The number of fused-ring (bicyclic) bond motifs is 1. The summed E-state index contributed by atoms with van der Waals surface area (Å²) in [6, 6.07) is 4.23. The molecule has 0 aliphatic heterocycles. The van der Waals surface area contributed by atoms with Gasteiger partial charge in [-0.15, -0.1) is 0 Å². The molecule has 1 aromatic rings. The summed E-state index contributed by atoms with van der Waals surface area (Å²) in [5, 5.41) is 0. The van der Waals surface area contributed by atoms with E-state index in [4.69, 9.17) is 15.2 Å². The van der Waals surface area contributed by atoms with Crippen molar-refractivity contribution < 1.29 is 9.47 Å². The van der Waals surface area contributed by atoms with Gasteiger partial charge in [0.15, 0.2) is 11.5 Å². The quantitative estimate of drug-likeness (QED) is 0.813. The largest absolute Gasteiger partial charge is 0.493 e. The number of likely N-dealkylation sites (N-methyl/N-ethyl adjacent to an activating group) is 1. The van der Waals surface area contributed by atoms with Crippen LogP contribution >= 0.6 is 0 Å². The molecule has 4 nitrogen and oxygen atoms in total. The summed E-state index contributed by atoms with van der Waals surface area (Å²) in [5.41, 5.74) is 8.33. The summed E-state index contributed by atoms with van der Waals surface area (Å²) < 4.78 is 10.7. The molecule has 2 rings (SSSR count). The Morgan fingerprint density at radius 2 is 1.95 bits per heavy atom. The van der Waals surface area contributed by atoms with Gasteiger partial charge in [-0.3, -0.25) is 0 Å². The van der Waals surface area contributed by atoms with Gasteiger partial charge in [0.25, 0.3) is 0 Å². The Bertz CT molecular complexity index is 434. The van der Waals surface area contributed by atoms with Crippen LogP contribution in [0.5, 0.6) is 11.5 Å². The van der Waals surface area contributed by atoms with E-state index >= 15 is 0 Å². The Kier molecular flexibility index (Phi) is 4.66. The minimum Gasteiger partial charge on any atom is -0.493 e. The zero-order valence-electron chi connectivity index (χ0n) is 12.1. The van der Waals surface area contributed by atoms with Gasteiger partial charge in [0.2, 0.25) is 0 Å². The number of methoxy groups -OCH3 is 2. The highest BCUT2D eigenvalue weighted by molar-refractivity contribution is 5.53. The van der Waals surface area contributed by atoms with E-state index < -0.39 is 0 Å². The number of ether oxygens (including phenoxy) is 2. The first kappa shape index (κ1) is 14.2. The third kappa shape index (κ3) is 3.01. The summed E-state index contributed by atoms with van der Waals surface area (Å²) in [4.78, 5) is 2.36. The number of rotatable bonds is 7. The van der Waals surface area contributed by atoms with Crippen LogP contribution in [0.3, 0.4) is 0 Å². The molecular weight excluding hydrogens is 240 g/mol. The van der Waals surface area contributed by atoms with Crippen molar-refractivity contribution in [3.8, 4) is 11.5 Å². The van der Waals surface area contributed by atoms with Gasteiger partial charge in [0.05, 0.1) is 14.2 Å². The minimum absolute atomic E-state index is 0.609. The van der Waals surface area contributed by atoms with Gasteiger partial charge in [-0.2, -0.15) is 0 Å². The van der Waals surface area contributed by atoms with E-state index in [1.54, 1.807) is 14.2 Å². The fourth-order valence-electron chi connectivity index (χ4n) is 2.73. The fraction of sp³-hybridized carbons (Fsp3) is 0.600. The lowest BCUT2D eigenvalue weighted by molar-refractivity contribution is 0.294. The van der Waals surface area contributed by atoms with Crippen LogP contribution in [0.1, 0.15) is 23.5 Å². The van der Waals surface area contributed by atoms with Gasteiger partial charge in [0.1, 0.15) is 0 Å². The van der Waals surface area contributed by atoms with E-state index in [-0.39, 0.29) is 0 Å². The first-order valence-corrected chi connectivity index (χ1v) is 6.83. The Balaban J connectivity index is 2.02. The van der Waals surface area contributed by atoms with Crippen LogP contribution in [0.25, 0.3) is 0 Å². The van der Waals surface area contributed by atoms with Crippen LogP contribution in [0.4, 0.5) is 0 Å². The molecule has 1 aliphatic carbocycles. The van der Waals surface area contributed by atoms with E-state index in [1.165, 1.54) is 11.1 Å². The predicted molar refractivity (Wildman–Crippen MR) is 77.2 cm³/mol. The van der Waals surface area contributed by atoms with Crippen molar-refractivity contribution in [2.45, 2.75) is 18.8 Å². The molecule has 4 heteroatoms. The van der Waals surface area contributed by atoms with E-state index in [9.17, 15) is 0 Å². The molecule has 0 bridgehead atoms. The highest BCUT2D eigenvalue weighted by atomic mass is 16.5. The van der Waals surface area contributed by atoms with Crippen LogP contribution in [0.2, 0.25) is 0 Å². The summed E-state index contributed by atoms with van der Waals surface area (Å²) in [5.74, 6) is 2.27.